The zero-order valence-corrected chi connectivity index (χ0v) is 18.0. The number of hydrogen-bond donors (Lipinski definition) is 2. The zero-order valence-electron chi connectivity index (χ0n) is 17.1. The van der Waals surface area contributed by atoms with Gasteiger partial charge in [-0.2, -0.15) is 0 Å². The van der Waals surface area contributed by atoms with Gasteiger partial charge in [0, 0.05) is 32.7 Å². The minimum absolute atomic E-state index is 0.144. The smallest absolute Gasteiger partial charge is 0.490 e. The number of benzene rings is 1. The SMILES string of the molecule is O=C(CC1(S(=O)(=O)N2CCC(Oc3ccc(OC(F)(F)F)cc3)CC2)CCOCC1)NO. The molecule has 13 heteroatoms. The maximum Gasteiger partial charge on any atom is 0.573 e. The van der Waals surface area contributed by atoms with Crippen LogP contribution in [0.15, 0.2) is 24.3 Å². The van der Waals surface area contributed by atoms with Gasteiger partial charge in [0.15, 0.2) is 0 Å². The fraction of sp³-hybridized carbons (Fsp3) is 0.632. The number of ether oxygens (including phenoxy) is 3. The van der Waals surface area contributed by atoms with Crippen LogP contribution < -0.4 is 15.0 Å². The van der Waals surface area contributed by atoms with Crippen LogP contribution in [-0.2, 0) is 19.6 Å². The van der Waals surface area contributed by atoms with Crippen molar-refractivity contribution < 1.29 is 45.8 Å². The van der Waals surface area contributed by atoms with Crippen LogP contribution in [0.5, 0.6) is 11.5 Å². The second-order valence-corrected chi connectivity index (χ2v) is 10.1. The highest BCUT2D eigenvalue weighted by Crippen LogP contribution is 2.37. The summed E-state index contributed by atoms with van der Waals surface area (Å²) in [4.78, 5) is 11.8. The molecule has 1 aromatic carbocycles. The number of rotatable bonds is 7. The first-order chi connectivity index (χ1) is 15.0. The van der Waals surface area contributed by atoms with Crippen LogP contribution in [0.2, 0.25) is 0 Å². The predicted octanol–water partition coefficient (Wildman–Crippen LogP) is 2.20. The van der Waals surface area contributed by atoms with E-state index in [1.807, 2.05) is 0 Å². The quantitative estimate of drug-likeness (QED) is 0.452. The standard InChI is InChI=1S/C19H25F3N2O7S/c20-19(21,22)31-16-3-1-14(2-4-16)30-15-5-9-24(10-6-15)32(27,28)18(13-17(25)23-26)7-11-29-12-8-18/h1-4,15,26H,5-13H2,(H,23,25). The fourth-order valence-corrected chi connectivity index (χ4v) is 6.21. The molecule has 32 heavy (non-hydrogen) atoms. The highest BCUT2D eigenvalue weighted by molar-refractivity contribution is 7.90. The summed E-state index contributed by atoms with van der Waals surface area (Å²) in [6.45, 7) is 0.744. The molecule has 0 bridgehead atoms. The number of carbonyl (C=O) groups excluding carboxylic acids is 1. The molecule has 2 saturated heterocycles. The third-order valence-electron chi connectivity index (χ3n) is 5.66. The number of halogens is 3. The first-order valence-corrected chi connectivity index (χ1v) is 11.5. The minimum atomic E-state index is -4.78. The average molecular weight is 482 g/mol. The molecule has 1 amide bonds. The number of hydroxylamine groups is 1. The van der Waals surface area contributed by atoms with Crippen LogP contribution >= 0.6 is 0 Å². The van der Waals surface area contributed by atoms with Gasteiger partial charge in [0.2, 0.25) is 15.9 Å². The molecule has 2 aliphatic rings. The van der Waals surface area contributed by atoms with Gasteiger partial charge >= 0.3 is 6.36 Å². The van der Waals surface area contributed by atoms with E-state index < -0.39 is 27.0 Å². The van der Waals surface area contributed by atoms with Crippen LogP contribution in [0, 0.1) is 0 Å². The van der Waals surface area contributed by atoms with Crippen LogP contribution in [0.4, 0.5) is 13.2 Å². The van der Waals surface area contributed by atoms with E-state index in [1.165, 1.54) is 21.9 Å². The van der Waals surface area contributed by atoms with Gasteiger partial charge in [-0.3, -0.25) is 10.0 Å². The van der Waals surface area contributed by atoms with Gasteiger partial charge in [0.1, 0.15) is 17.6 Å². The molecule has 0 unspecified atom stereocenters. The Morgan fingerprint density at radius 1 is 1.16 bits per heavy atom. The first-order valence-electron chi connectivity index (χ1n) is 10.1. The first kappa shape index (κ1) is 24.6. The number of hydrogen-bond acceptors (Lipinski definition) is 7. The second-order valence-electron chi connectivity index (χ2n) is 7.75. The zero-order chi connectivity index (χ0) is 23.4. The second kappa shape index (κ2) is 9.81. The monoisotopic (exact) mass is 482 g/mol. The van der Waals surface area contributed by atoms with Crippen molar-refractivity contribution in [2.45, 2.75) is 49.3 Å². The lowest BCUT2D eigenvalue weighted by Gasteiger charge is -2.41. The van der Waals surface area contributed by atoms with Crippen molar-refractivity contribution in [3.63, 3.8) is 0 Å². The molecule has 3 rings (SSSR count). The van der Waals surface area contributed by atoms with Crippen LogP contribution in [0.3, 0.4) is 0 Å². The Balaban J connectivity index is 1.61. The summed E-state index contributed by atoms with van der Waals surface area (Å²) in [5.41, 5.74) is 1.51. The van der Waals surface area contributed by atoms with Crippen molar-refractivity contribution in [3.05, 3.63) is 24.3 Å². The normalized spacial score (nSPS) is 20.5. The van der Waals surface area contributed by atoms with Crippen LogP contribution in [0.1, 0.15) is 32.1 Å². The highest BCUT2D eigenvalue weighted by Gasteiger charge is 2.50. The molecule has 2 aliphatic heterocycles. The molecule has 2 N–H and O–H groups in total. The van der Waals surface area contributed by atoms with E-state index in [0.717, 1.165) is 12.1 Å². The summed E-state index contributed by atoms with van der Waals surface area (Å²) >= 11 is 0. The van der Waals surface area contributed by atoms with Crippen molar-refractivity contribution in [2.24, 2.45) is 0 Å². The molecule has 0 saturated carbocycles. The van der Waals surface area contributed by atoms with Gasteiger partial charge in [0.25, 0.3) is 0 Å². The number of alkyl halides is 3. The van der Waals surface area contributed by atoms with E-state index in [1.54, 1.807) is 0 Å². The Morgan fingerprint density at radius 3 is 2.25 bits per heavy atom. The number of carbonyl (C=O) groups is 1. The molecule has 9 nitrogen and oxygen atoms in total. The Kier molecular flexibility index (Phi) is 7.53. The van der Waals surface area contributed by atoms with Gasteiger partial charge in [-0.1, -0.05) is 0 Å². The summed E-state index contributed by atoms with van der Waals surface area (Å²) in [7, 11) is -3.87. The fourth-order valence-electron chi connectivity index (χ4n) is 3.98. The highest BCUT2D eigenvalue weighted by atomic mass is 32.2. The number of nitrogens with one attached hydrogen (secondary N) is 1. The molecule has 0 radical (unpaired) electrons. The van der Waals surface area contributed by atoms with Crippen molar-refractivity contribution in [1.82, 2.24) is 9.79 Å². The minimum Gasteiger partial charge on any atom is -0.490 e. The number of amides is 1. The van der Waals surface area contributed by atoms with E-state index in [-0.39, 0.29) is 57.4 Å². The summed E-state index contributed by atoms with van der Waals surface area (Å²) in [5.74, 6) is -0.785. The van der Waals surface area contributed by atoms with Crippen molar-refractivity contribution in [1.29, 1.82) is 0 Å². The lowest BCUT2D eigenvalue weighted by molar-refractivity contribution is -0.274. The predicted molar refractivity (Wildman–Crippen MR) is 105 cm³/mol. The summed E-state index contributed by atoms with van der Waals surface area (Å²) in [6, 6.07) is 5.00. The number of nitrogens with zero attached hydrogens (tertiary/aromatic N) is 1. The number of sulfonamides is 1. The van der Waals surface area contributed by atoms with Crippen molar-refractivity contribution in [3.8, 4) is 11.5 Å². The Morgan fingerprint density at radius 2 is 1.72 bits per heavy atom. The Hall–Kier alpha value is -2.09. The molecular formula is C19H25F3N2O7S. The van der Waals surface area contributed by atoms with Gasteiger partial charge in [-0.05, 0) is 49.9 Å². The largest absolute Gasteiger partial charge is 0.573 e. The van der Waals surface area contributed by atoms with Gasteiger partial charge < -0.3 is 14.2 Å². The van der Waals surface area contributed by atoms with E-state index in [9.17, 15) is 26.4 Å². The Bertz CT molecular complexity index is 879. The maximum absolute atomic E-state index is 13.4. The van der Waals surface area contributed by atoms with Gasteiger partial charge in [-0.25, -0.2) is 18.2 Å². The molecule has 0 aliphatic carbocycles. The summed E-state index contributed by atoms with van der Waals surface area (Å²) < 4.78 is 78.4. The van der Waals surface area contributed by atoms with E-state index in [0.29, 0.717) is 18.6 Å². The lowest BCUT2D eigenvalue weighted by atomic mass is 9.95. The summed E-state index contributed by atoms with van der Waals surface area (Å²) in [6.07, 6.45) is -4.42. The van der Waals surface area contributed by atoms with Crippen molar-refractivity contribution >= 4 is 15.9 Å². The lowest BCUT2D eigenvalue weighted by Crippen LogP contribution is -2.55. The van der Waals surface area contributed by atoms with Gasteiger partial charge in [0.05, 0.1) is 4.75 Å². The molecule has 1 aromatic rings. The van der Waals surface area contributed by atoms with E-state index in [4.69, 9.17) is 14.7 Å². The molecule has 180 valence electrons. The van der Waals surface area contributed by atoms with E-state index in [2.05, 4.69) is 4.74 Å². The maximum atomic E-state index is 13.4. The van der Waals surface area contributed by atoms with Crippen LogP contribution in [0.25, 0.3) is 0 Å². The topological polar surface area (TPSA) is 114 Å². The van der Waals surface area contributed by atoms with Crippen molar-refractivity contribution in [2.75, 3.05) is 26.3 Å². The molecular weight excluding hydrogens is 457 g/mol. The molecule has 2 fully saturated rings. The third kappa shape index (κ3) is 5.82. The Labute approximate surface area is 183 Å². The molecule has 0 aromatic heterocycles. The summed E-state index contributed by atoms with van der Waals surface area (Å²) in [5, 5.41) is 8.88. The van der Waals surface area contributed by atoms with Crippen LogP contribution in [-0.4, -0.2) is 67.4 Å². The van der Waals surface area contributed by atoms with Gasteiger partial charge in [-0.15, -0.1) is 13.2 Å². The molecule has 0 spiro atoms. The van der Waals surface area contributed by atoms with E-state index >= 15 is 0 Å². The molecule has 0 atom stereocenters. The number of piperidine rings is 1. The third-order valence-corrected chi connectivity index (χ3v) is 8.35. The average Bonchev–Trinajstić information content (AvgIpc) is 2.75. The molecule has 2 heterocycles.